The van der Waals surface area contributed by atoms with Gasteiger partial charge in [-0.2, -0.15) is 0 Å². The van der Waals surface area contributed by atoms with Crippen LogP contribution in [-0.2, 0) is 4.79 Å². The molecular weight excluding hydrogens is 268 g/mol. The molecule has 1 saturated heterocycles. The van der Waals surface area contributed by atoms with Gasteiger partial charge in [-0.05, 0) is 25.0 Å². The second-order valence-electron chi connectivity index (χ2n) is 5.66. The van der Waals surface area contributed by atoms with Crippen molar-refractivity contribution >= 4 is 17.7 Å². The number of rotatable bonds is 3. The van der Waals surface area contributed by atoms with Crippen molar-refractivity contribution in [2.75, 3.05) is 26.2 Å². The summed E-state index contributed by atoms with van der Waals surface area (Å²) in [6.07, 6.45) is 4.40. The highest BCUT2D eigenvalue weighted by atomic mass is 32.2. The summed E-state index contributed by atoms with van der Waals surface area (Å²) in [7, 11) is 0. The monoisotopic (exact) mass is 290 g/mol. The van der Waals surface area contributed by atoms with E-state index in [9.17, 15) is 4.79 Å². The molecule has 0 aromatic heterocycles. The number of piperazine rings is 1. The van der Waals surface area contributed by atoms with Crippen LogP contribution in [-0.4, -0.2) is 41.7 Å². The van der Waals surface area contributed by atoms with Gasteiger partial charge in [-0.1, -0.05) is 31.0 Å². The van der Waals surface area contributed by atoms with Crippen molar-refractivity contribution in [1.29, 1.82) is 0 Å². The number of benzene rings is 1. The number of carbonyl (C=O) groups excluding carboxylic acids is 1. The normalized spacial score (nSPS) is 21.9. The Morgan fingerprint density at radius 1 is 1.10 bits per heavy atom. The largest absolute Gasteiger partial charge is 0.339 e. The van der Waals surface area contributed by atoms with Crippen LogP contribution in [0.15, 0.2) is 35.2 Å². The molecule has 1 aliphatic heterocycles. The van der Waals surface area contributed by atoms with Gasteiger partial charge in [0.25, 0.3) is 0 Å². The standard InChI is InChI=1S/C16H22N2OS/c19-15(18-12-10-17-11-13-18)16(8-4-5-9-16)20-14-6-2-1-3-7-14/h1-3,6-7,17H,4-5,8-13H2. The van der Waals surface area contributed by atoms with Crippen molar-refractivity contribution in [3.63, 3.8) is 0 Å². The Hall–Kier alpha value is -1.00. The molecule has 1 saturated carbocycles. The fourth-order valence-corrected chi connectivity index (χ4v) is 4.63. The van der Waals surface area contributed by atoms with Gasteiger partial charge in [0, 0.05) is 31.1 Å². The number of hydrogen-bond acceptors (Lipinski definition) is 3. The molecule has 0 bridgehead atoms. The first kappa shape index (κ1) is 14.0. The molecule has 108 valence electrons. The second kappa shape index (κ2) is 6.19. The molecule has 0 spiro atoms. The van der Waals surface area contributed by atoms with E-state index in [0.717, 1.165) is 39.0 Å². The number of amides is 1. The fraction of sp³-hybridized carbons (Fsp3) is 0.562. The number of thioether (sulfide) groups is 1. The molecular formula is C16H22N2OS. The summed E-state index contributed by atoms with van der Waals surface area (Å²) >= 11 is 1.79. The molecule has 1 N–H and O–H groups in total. The molecule has 20 heavy (non-hydrogen) atoms. The summed E-state index contributed by atoms with van der Waals surface area (Å²) in [5, 5.41) is 3.32. The van der Waals surface area contributed by atoms with Crippen LogP contribution in [0.3, 0.4) is 0 Å². The van der Waals surface area contributed by atoms with Crippen molar-refractivity contribution in [2.24, 2.45) is 0 Å². The predicted molar refractivity (Wildman–Crippen MR) is 82.9 cm³/mol. The molecule has 1 aromatic carbocycles. The predicted octanol–water partition coefficient (Wildman–Crippen LogP) is 2.52. The van der Waals surface area contributed by atoms with Crippen LogP contribution in [0.1, 0.15) is 25.7 Å². The Bertz CT molecular complexity index is 451. The smallest absolute Gasteiger partial charge is 0.239 e. The highest BCUT2D eigenvalue weighted by Gasteiger charge is 2.44. The molecule has 0 atom stereocenters. The van der Waals surface area contributed by atoms with Crippen LogP contribution < -0.4 is 5.32 Å². The summed E-state index contributed by atoms with van der Waals surface area (Å²) in [5.74, 6) is 0.366. The summed E-state index contributed by atoms with van der Waals surface area (Å²) in [4.78, 5) is 16.3. The van der Waals surface area contributed by atoms with Crippen molar-refractivity contribution in [1.82, 2.24) is 10.2 Å². The van der Waals surface area contributed by atoms with Crippen LogP contribution in [0.25, 0.3) is 0 Å². The molecule has 3 rings (SSSR count). The molecule has 1 aromatic rings. The van der Waals surface area contributed by atoms with Crippen LogP contribution in [0.2, 0.25) is 0 Å². The van der Waals surface area contributed by atoms with Crippen molar-refractivity contribution < 1.29 is 4.79 Å². The van der Waals surface area contributed by atoms with Gasteiger partial charge < -0.3 is 10.2 Å². The fourth-order valence-electron chi connectivity index (χ4n) is 3.18. The minimum atomic E-state index is -0.210. The summed E-state index contributed by atoms with van der Waals surface area (Å²) in [5.41, 5.74) is 0. The zero-order valence-corrected chi connectivity index (χ0v) is 12.6. The lowest BCUT2D eigenvalue weighted by atomic mass is 10.0. The van der Waals surface area contributed by atoms with Crippen molar-refractivity contribution in [3.05, 3.63) is 30.3 Å². The quantitative estimate of drug-likeness (QED) is 0.928. The molecule has 0 unspecified atom stereocenters. The van der Waals surface area contributed by atoms with Gasteiger partial charge in [0.15, 0.2) is 0 Å². The Kier molecular flexibility index (Phi) is 4.32. The van der Waals surface area contributed by atoms with Crippen LogP contribution >= 0.6 is 11.8 Å². The van der Waals surface area contributed by atoms with Gasteiger partial charge in [-0.15, -0.1) is 11.8 Å². The molecule has 1 aliphatic carbocycles. The maximum atomic E-state index is 13.0. The Labute approximate surface area is 125 Å². The molecule has 0 radical (unpaired) electrons. The third-order valence-electron chi connectivity index (χ3n) is 4.26. The highest BCUT2D eigenvalue weighted by Crippen LogP contribution is 2.46. The minimum absolute atomic E-state index is 0.210. The third kappa shape index (κ3) is 2.86. The number of hydrogen-bond donors (Lipinski definition) is 1. The van der Waals surface area contributed by atoms with Gasteiger partial charge in [0.2, 0.25) is 5.91 Å². The second-order valence-corrected chi connectivity index (χ2v) is 7.12. The number of nitrogens with one attached hydrogen (secondary N) is 1. The van der Waals surface area contributed by atoms with E-state index in [1.807, 2.05) is 6.07 Å². The molecule has 4 heteroatoms. The van der Waals surface area contributed by atoms with Gasteiger partial charge in [0.05, 0.1) is 4.75 Å². The lowest BCUT2D eigenvalue weighted by molar-refractivity contribution is -0.134. The van der Waals surface area contributed by atoms with E-state index in [0.29, 0.717) is 5.91 Å². The highest BCUT2D eigenvalue weighted by molar-refractivity contribution is 8.01. The summed E-state index contributed by atoms with van der Waals surface area (Å²) < 4.78 is -0.210. The Balaban J connectivity index is 1.78. The lowest BCUT2D eigenvalue weighted by Crippen LogP contribution is -2.52. The van der Waals surface area contributed by atoms with Crippen molar-refractivity contribution in [2.45, 2.75) is 35.3 Å². The third-order valence-corrected chi connectivity index (χ3v) is 5.74. The average Bonchev–Trinajstić information content (AvgIpc) is 2.98. The zero-order chi connectivity index (χ0) is 13.8. The van der Waals surface area contributed by atoms with E-state index in [2.05, 4.69) is 34.5 Å². The first-order valence-electron chi connectivity index (χ1n) is 7.54. The SMILES string of the molecule is O=C(N1CCNCC1)C1(Sc2ccccc2)CCCC1. The lowest BCUT2D eigenvalue weighted by Gasteiger charge is -2.36. The topological polar surface area (TPSA) is 32.3 Å². The van der Waals surface area contributed by atoms with E-state index in [1.54, 1.807) is 11.8 Å². The maximum Gasteiger partial charge on any atom is 0.239 e. The van der Waals surface area contributed by atoms with Gasteiger partial charge in [-0.25, -0.2) is 0 Å². The first-order valence-corrected chi connectivity index (χ1v) is 8.36. The first-order chi connectivity index (χ1) is 9.80. The van der Waals surface area contributed by atoms with E-state index >= 15 is 0 Å². The molecule has 1 amide bonds. The van der Waals surface area contributed by atoms with Gasteiger partial charge in [-0.3, -0.25) is 4.79 Å². The zero-order valence-electron chi connectivity index (χ0n) is 11.8. The Morgan fingerprint density at radius 2 is 1.75 bits per heavy atom. The van der Waals surface area contributed by atoms with Crippen LogP contribution in [0, 0.1) is 0 Å². The van der Waals surface area contributed by atoms with E-state index in [4.69, 9.17) is 0 Å². The van der Waals surface area contributed by atoms with Crippen LogP contribution in [0.5, 0.6) is 0 Å². The minimum Gasteiger partial charge on any atom is -0.339 e. The number of carbonyl (C=O) groups is 1. The molecule has 2 fully saturated rings. The van der Waals surface area contributed by atoms with E-state index in [-0.39, 0.29) is 4.75 Å². The Morgan fingerprint density at radius 3 is 2.40 bits per heavy atom. The molecule has 1 heterocycles. The van der Waals surface area contributed by atoms with Crippen LogP contribution in [0.4, 0.5) is 0 Å². The van der Waals surface area contributed by atoms with Crippen molar-refractivity contribution in [3.8, 4) is 0 Å². The average molecular weight is 290 g/mol. The van der Waals surface area contributed by atoms with Gasteiger partial charge in [0.1, 0.15) is 0 Å². The maximum absolute atomic E-state index is 13.0. The molecule has 2 aliphatic rings. The summed E-state index contributed by atoms with van der Waals surface area (Å²) in [6, 6.07) is 10.4. The van der Waals surface area contributed by atoms with Gasteiger partial charge >= 0.3 is 0 Å². The van der Waals surface area contributed by atoms with E-state index < -0.39 is 0 Å². The summed E-state index contributed by atoms with van der Waals surface area (Å²) in [6.45, 7) is 3.57. The van der Waals surface area contributed by atoms with E-state index in [1.165, 1.54) is 17.7 Å². The molecule has 3 nitrogen and oxygen atoms in total. The number of nitrogens with zero attached hydrogens (tertiary/aromatic N) is 1.